The van der Waals surface area contributed by atoms with E-state index in [-0.39, 0.29) is 5.92 Å². The first-order valence-corrected chi connectivity index (χ1v) is 6.56. The standard InChI is InChI=1S/C16H24O2/c1-10(2)14-8-13(7-6-12(5)17)16(18)15(9-14)11(3)4/h6-12,17-18H,1-5H3. The molecule has 1 aromatic carbocycles. The van der Waals surface area contributed by atoms with Crippen LogP contribution in [0.25, 0.3) is 6.08 Å². The second kappa shape index (κ2) is 6.05. The van der Waals surface area contributed by atoms with Crippen LogP contribution in [0.15, 0.2) is 18.2 Å². The minimum atomic E-state index is -0.505. The monoisotopic (exact) mass is 248 g/mol. The number of hydrogen-bond acceptors (Lipinski definition) is 2. The Hall–Kier alpha value is -1.28. The van der Waals surface area contributed by atoms with E-state index in [4.69, 9.17) is 0 Å². The fourth-order valence-corrected chi connectivity index (χ4v) is 1.85. The molecule has 0 heterocycles. The number of aliphatic hydroxyl groups is 1. The Morgan fingerprint density at radius 3 is 2.06 bits per heavy atom. The van der Waals surface area contributed by atoms with Gasteiger partial charge < -0.3 is 10.2 Å². The highest BCUT2D eigenvalue weighted by Crippen LogP contribution is 2.33. The highest BCUT2D eigenvalue weighted by molar-refractivity contribution is 5.62. The van der Waals surface area contributed by atoms with Crippen molar-refractivity contribution in [3.8, 4) is 5.75 Å². The maximum atomic E-state index is 10.2. The first-order chi connectivity index (χ1) is 8.32. The van der Waals surface area contributed by atoms with Gasteiger partial charge in [-0.15, -0.1) is 0 Å². The highest BCUT2D eigenvalue weighted by Gasteiger charge is 2.12. The lowest BCUT2D eigenvalue weighted by atomic mass is 9.92. The summed E-state index contributed by atoms with van der Waals surface area (Å²) in [5, 5.41) is 19.5. The average molecular weight is 248 g/mol. The molecule has 0 spiro atoms. The zero-order chi connectivity index (χ0) is 13.9. The van der Waals surface area contributed by atoms with Crippen LogP contribution in [0, 0.1) is 0 Å². The van der Waals surface area contributed by atoms with Crippen molar-refractivity contribution in [3.63, 3.8) is 0 Å². The van der Waals surface area contributed by atoms with Gasteiger partial charge in [-0.3, -0.25) is 0 Å². The van der Waals surface area contributed by atoms with Crippen LogP contribution in [-0.4, -0.2) is 16.3 Å². The van der Waals surface area contributed by atoms with Crippen LogP contribution in [0.1, 0.15) is 63.1 Å². The largest absolute Gasteiger partial charge is 0.507 e. The van der Waals surface area contributed by atoms with Gasteiger partial charge in [-0.1, -0.05) is 45.9 Å². The second-order valence-electron chi connectivity index (χ2n) is 5.46. The molecular formula is C16H24O2. The molecule has 0 aliphatic carbocycles. The number of phenolic OH excluding ortho intramolecular Hbond substituents is 1. The van der Waals surface area contributed by atoms with Crippen LogP contribution in [0.5, 0.6) is 5.75 Å². The molecule has 0 saturated carbocycles. The lowest BCUT2D eigenvalue weighted by Gasteiger charge is -2.15. The molecule has 0 amide bonds. The number of phenols is 1. The Morgan fingerprint density at radius 2 is 1.61 bits per heavy atom. The van der Waals surface area contributed by atoms with Gasteiger partial charge >= 0.3 is 0 Å². The van der Waals surface area contributed by atoms with Gasteiger partial charge in [-0.25, -0.2) is 0 Å². The maximum Gasteiger partial charge on any atom is 0.126 e. The predicted octanol–water partition coefficient (Wildman–Crippen LogP) is 4.03. The molecule has 2 heteroatoms. The number of aromatic hydroxyl groups is 1. The number of rotatable bonds is 4. The summed E-state index contributed by atoms with van der Waals surface area (Å²) >= 11 is 0. The molecule has 0 aliphatic rings. The van der Waals surface area contributed by atoms with Crippen LogP contribution >= 0.6 is 0 Å². The third kappa shape index (κ3) is 3.61. The third-order valence-electron chi connectivity index (χ3n) is 3.03. The number of benzene rings is 1. The average Bonchev–Trinajstić information content (AvgIpc) is 2.26. The lowest BCUT2D eigenvalue weighted by molar-refractivity contribution is 0.245. The predicted molar refractivity (Wildman–Crippen MR) is 77.0 cm³/mol. The zero-order valence-corrected chi connectivity index (χ0v) is 11.9. The van der Waals surface area contributed by atoms with Gasteiger partial charge in [-0.2, -0.15) is 0 Å². The molecule has 18 heavy (non-hydrogen) atoms. The topological polar surface area (TPSA) is 40.5 Å². The minimum absolute atomic E-state index is 0.280. The van der Waals surface area contributed by atoms with E-state index in [0.29, 0.717) is 11.7 Å². The van der Waals surface area contributed by atoms with Crippen molar-refractivity contribution in [1.82, 2.24) is 0 Å². The molecule has 0 saturated heterocycles. The Morgan fingerprint density at radius 1 is 1.00 bits per heavy atom. The van der Waals surface area contributed by atoms with E-state index in [2.05, 4.69) is 33.8 Å². The van der Waals surface area contributed by atoms with Crippen LogP contribution < -0.4 is 0 Å². The Balaban J connectivity index is 3.31. The van der Waals surface area contributed by atoms with Gasteiger partial charge in [0.15, 0.2) is 0 Å². The van der Waals surface area contributed by atoms with E-state index < -0.39 is 6.10 Å². The Labute approximate surface area is 110 Å². The molecule has 0 aliphatic heterocycles. The molecule has 1 rings (SSSR count). The Kier molecular flexibility index (Phi) is 4.97. The molecule has 1 aromatic rings. The van der Waals surface area contributed by atoms with E-state index in [1.165, 1.54) is 5.56 Å². The molecule has 2 nitrogen and oxygen atoms in total. The van der Waals surface area contributed by atoms with E-state index in [1.54, 1.807) is 19.1 Å². The number of hydrogen-bond donors (Lipinski definition) is 2. The van der Waals surface area contributed by atoms with E-state index in [1.807, 2.05) is 6.07 Å². The molecule has 0 fully saturated rings. The van der Waals surface area contributed by atoms with Gasteiger partial charge in [0.25, 0.3) is 0 Å². The SMILES string of the molecule is CC(O)C=Cc1cc(C(C)C)cc(C(C)C)c1O. The van der Waals surface area contributed by atoms with Crippen molar-refractivity contribution < 1.29 is 10.2 Å². The van der Waals surface area contributed by atoms with Gasteiger partial charge in [-0.05, 0) is 36.0 Å². The van der Waals surface area contributed by atoms with Crippen LogP contribution in [0.4, 0.5) is 0 Å². The third-order valence-corrected chi connectivity index (χ3v) is 3.03. The van der Waals surface area contributed by atoms with Crippen LogP contribution in [0.3, 0.4) is 0 Å². The van der Waals surface area contributed by atoms with Crippen molar-refractivity contribution in [2.75, 3.05) is 0 Å². The van der Waals surface area contributed by atoms with E-state index in [0.717, 1.165) is 11.1 Å². The van der Waals surface area contributed by atoms with Crippen molar-refractivity contribution in [1.29, 1.82) is 0 Å². The normalized spacial score (nSPS) is 13.8. The van der Waals surface area contributed by atoms with Crippen molar-refractivity contribution >= 4 is 6.08 Å². The van der Waals surface area contributed by atoms with Crippen LogP contribution in [0.2, 0.25) is 0 Å². The fourth-order valence-electron chi connectivity index (χ4n) is 1.85. The summed E-state index contributed by atoms with van der Waals surface area (Å²) < 4.78 is 0. The molecule has 0 radical (unpaired) electrons. The van der Waals surface area contributed by atoms with Crippen molar-refractivity contribution in [2.45, 2.75) is 52.6 Å². The van der Waals surface area contributed by atoms with Crippen LogP contribution in [-0.2, 0) is 0 Å². The molecule has 1 atom stereocenters. The summed E-state index contributed by atoms with van der Waals surface area (Å²) in [5.41, 5.74) is 2.96. The second-order valence-corrected chi connectivity index (χ2v) is 5.46. The summed E-state index contributed by atoms with van der Waals surface area (Å²) in [6, 6.07) is 4.06. The quantitative estimate of drug-likeness (QED) is 0.844. The van der Waals surface area contributed by atoms with Gasteiger partial charge in [0.1, 0.15) is 5.75 Å². The first-order valence-electron chi connectivity index (χ1n) is 6.56. The van der Waals surface area contributed by atoms with Gasteiger partial charge in [0.2, 0.25) is 0 Å². The highest BCUT2D eigenvalue weighted by atomic mass is 16.3. The van der Waals surface area contributed by atoms with E-state index in [9.17, 15) is 10.2 Å². The van der Waals surface area contributed by atoms with Gasteiger partial charge in [0.05, 0.1) is 6.10 Å². The lowest BCUT2D eigenvalue weighted by Crippen LogP contribution is -1.97. The van der Waals surface area contributed by atoms with Gasteiger partial charge in [0, 0.05) is 5.56 Å². The minimum Gasteiger partial charge on any atom is -0.507 e. The summed E-state index contributed by atoms with van der Waals surface area (Å²) in [6.45, 7) is 10.1. The molecule has 1 unspecified atom stereocenters. The summed E-state index contributed by atoms with van der Waals surface area (Å²) in [4.78, 5) is 0. The smallest absolute Gasteiger partial charge is 0.126 e. The molecule has 2 N–H and O–H groups in total. The Bertz CT molecular complexity index is 429. The summed E-state index contributed by atoms with van der Waals surface area (Å²) in [5.74, 6) is 1.02. The summed E-state index contributed by atoms with van der Waals surface area (Å²) in [6.07, 6.45) is 2.97. The summed E-state index contributed by atoms with van der Waals surface area (Å²) in [7, 11) is 0. The number of aliphatic hydroxyl groups excluding tert-OH is 1. The first kappa shape index (κ1) is 14.8. The molecule has 0 bridgehead atoms. The molecular weight excluding hydrogens is 224 g/mol. The molecule has 100 valence electrons. The van der Waals surface area contributed by atoms with E-state index >= 15 is 0 Å². The zero-order valence-electron chi connectivity index (χ0n) is 11.9. The molecule has 0 aromatic heterocycles. The van der Waals surface area contributed by atoms with Crippen molar-refractivity contribution in [3.05, 3.63) is 34.9 Å². The van der Waals surface area contributed by atoms with Crippen molar-refractivity contribution in [2.24, 2.45) is 0 Å². The fraction of sp³-hybridized carbons (Fsp3) is 0.500. The maximum absolute atomic E-state index is 10.2.